The number of aromatic amines is 1. The highest BCUT2D eigenvalue weighted by Gasteiger charge is 2.21. The Labute approximate surface area is 115 Å². The third-order valence-corrected chi connectivity index (χ3v) is 2.72. The molecule has 0 aliphatic rings. The lowest BCUT2D eigenvalue weighted by molar-refractivity contribution is -0.137. The van der Waals surface area contributed by atoms with Crippen LogP contribution in [-0.4, -0.2) is 39.1 Å². The van der Waals surface area contributed by atoms with Crippen LogP contribution in [0.5, 0.6) is 5.75 Å². The van der Waals surface area contributed by atoms with Crippen molar-refractivity contribution in [1.82, 2.24) is 20.1 Å². The van der Waals surface area contributed by atoms with Gasteiger partial charge in [0, 0.05) is 7.05 Å². The lowest BCUT2D eigenvalue weighted by atomic mass is 10.3. The minimum absolute atomic E-state index is 0.0569. The van der Waals surface area contributed by atoms with Gasteiger partial charge in [0.1, 0.15) is 12.2 Å². The van der Waals surface area contributed by atoms with E-state index in [-0.39, 0.29) is 18.2 Å². The van der Waals surface area contributed by atoms with E-state index in [4.69, 9.17) is 4.74 Å². The first-order valence-electron chi connectivity index (χ1n) is 6.08. The third kappa shape index (κ3) is 3.31. The number of rotatable bonds is 5. The number of nitrogens with one attached hydrogen (secondary N) is 1. The van der Waals surface area contributed by atoms with Gasteiger partial charge in [-0.05, 0) is 19.1 Å². The van der Waals surface area contributed by atoms with Crippen molar-refractivity contribution >= 4 is 5.91 Å². The monoisotopic (exact) mass is 278 g/mol. The predicted octanol–water partition coefficient (Wildman–Crippen LogP) is 1.37. The van der Waals surface area contributed by atoms with Crippen molar-refractivity contribution in [2.75, 3.05) is 7.05 Å². The van der Waals surface area contributed by atoms with E-state index < -0.39 is 11.9 Å². The Morgan fingerprint density at radius 2 is 2.25 bits per heavy atom. The molecule has 0 aliphatic heterocycles. The van der Waals surface area contributed by atoms with Crippen LogP contribution >= 0.6 is 0 Å². The molecule has 0 aliphatic carbocycles. The summed E-state index contributed by atoms with van der Waals surface area (Å²) in [5.74, 6) is -0.143. The second-order valence-corrected chi connectivity index (χ2v) is 4.32. The zero-order valence-electron chi connectivity index (χ0n) is 11.2. The van der Waals surface area contributed by atoms with Crippen molar-refractivity contribution in [3.63, 3.8) is 0 Å². The summed E-state index contributed by atoms with van der Waals surface area (Å²) in [6.45, 7) is 1.86. The maximum absolute atomic E-state index is 13.4. The van der Waals surface area contributed by atoms with Gasteiger partial charge in [0.05, 0.1) is 6.54 Å². The maximum Gasteiger partial charge on any atom is 0.263 e. The summed E-state index contributed by atoms with van der Waals surface area (Å²) in [5, 5.41) is 6.37. The molecule has 0 bridgehead atoms. The minimum atomic E-state index is -0.792. The number of H-pyrrole nitrogens is 1. The van der Waals surface area contributed by atoms with Gasteiger partial charge in [0.15, 0.2) is 17.7 Å². The molecule has 6 nitrogen and oxygen atoms in total. The molecule has 20 heavy (non-hydrogen) atoms. The zero-order valence-corrected chi connectivity index (χ0v) is 11.2. The molecule has 2 rings (SSSR count). The van der Waals surface area contributed by atoms with E-state index in [0.717, 1.165) is 0 Å². The summed E-state index contributed by atoms with van der Waals surface area (Å²) in [4.78, 5) is 17.5. The minimum Gasteiger partial charge on any atom is -0.478 e. The van der Waals surface area contributed by atoms with Crippen LogP contribution in [0.4, 0.5) is 4.39 Å². The molecule has 0 fully saturated rings. The zero-order chi connectivity index (χ0) is 14.5. The maximum atomic E-state index is 13.4. The van der Waals surface area contributed by atoms with Gasteiger partial charge in [-0.25, -0.2) is 9.37 Å². The Balaban J connectivity index is 1.96. The van der Waals surface area contributed by atoms with Gasteiger partial charge >= 0.3 is 0 Å². The van der Waals surface area contributed by atoms with Crippen LogP contribution in [0.3, 0.4) is 0 Å². The van der Waals surface area contributed by atoms with Crippen LogP contribution in [0, 0.1) is 5.82 Å². The molecule has 1 atom stereocenters. The van der Waals surface area contributed by atoms with E-state index in [0.29, 0.717) is 5.82 Å². The molecule has 1 heterocycles. The van der Waals surface area contributed by atoms with Crippen LogP contribution in [0.1, 0.15) is 12.7 Å². The molecular weight excluding hydrogens is 263 g/mol. The topological polar surface area (TPSA) is 71.1 Å². The van der Waals surface area contributed by atoms with E-state index >= 15 is 0 Å². The highest BCUT2D eigenvalue weighted by atomic mass is 19.1. The lowest BCUT2D eigenvalue weighted by Crippen LogP contribution is -2.37. The SMILES string of the molecule is CC(Oc1ccccc1F)C(=O)N(C)Cc1ncn[nH]1. The van der Waals surface area contributed by atoms with Gasteiger partial charge in [-0.2, -0.15) is 5.10 Å². The third-order valence-electron chi connectivity index (χ3n) is 2.72. The van der Waals surface area contributed by atoms with Gasteiger partial charge in [0.2, 0.25) is 0 Å². The Kier molecular flexibility index (Phi) is 4.29. The number of ether oxygens (including phenoxy) is 1. The molecule has 0 saturated carbocycles. The molecule has 106 valence electrons. The number of amides is 1. The number of nitrogens with zero attached hydrogens (tertiary/aromatic N) is 3. The number of likely N-dealkylation sites (N-methyl/N-ethyl adjacent to an activating group) is 1. The van der Waals surface area contributed by atoms with Crippen molar-refractivity contribution in [2.24, 2.45) is 0 Å². The first kappa shape index (κ1) is 14.0. The van der Waals surface area contributed by atoms with Crippen LogP contribution in [0.2, 0.25) is 0 Å². The van der Waals surface area contributed by atoms with Gasteiger partial charge in [-0.1, -0.05) is 12.1 Å². The Morgan fingerprint density at radius 1 is 1.50 bits per heavy atom. The fourth-order valence-electron chi connectivity index (χ4n) is 1.70. The predicted molar refractivity (Wildman–Crippen MR) is 69.3 cm³/mol. The van der Waals surface area contributed by atoms with Crippen molar-refractivity contribution in [2.45, 2.75) is 19.6 Å². The molecule has 0 radical (unpaired) electrons. The van der Waals surface area contributed by atoms with Gasteiger partial charge in [0.25, 0.3) is 5.91 Å². The van der Waals surface area contributed by atoms with Gasteiger partial charge < -0.3 is 9.64 Å². The summed E-state index contributed by atoms with van der Waals surface area (Å²) in [6.07, 6.45) is 0.576. The standard InChI is InChI=1S/C13H15FN4O2/c1-9(20-11-6-4-3-5-10(11)14)13(19)18(2)7-12-15-8-16-17-12/h3-6,8-9H,7H2,1-2H3,(H,15,16,17). The van der Waals surface area contributed by atoms with Crippen molar-refractivity contribution in [1.29, 1.82) is 0 Å². The number of hydrogen-bond acceptors (Lipinski definition) is 4. The largest absolute Gasteiger partial charge is 0.478 e. The smallest absolute Gasteiger partial charge is 0.263 e. The van der Waals surface area contributed by atoms with E-state index in [1.54, 1.807) is 26.1 Å². The van der Waals surface area contributed by atoms with Crippen molar-refractivity contribution in [3.05, 3.63) is 42.2 Å². The number of carbonyl (C=O) groups is 1. The number of aromatic nitrogens is 3. The highest BCUT2D eigenvalue weighted by molar-refractivity contribution is 5.80. The summed E-state index contributed by atoms with van der Waals surface area (Å²) < 4.78 is 18.8. The second kappa shape index (κ2) is 6.14. The van der Waals surface area contributed by atoms with Gasteiger partial charge in [-0.3, -0.25) is 9.89 Å². The summed E-state index contributed by atoms with van der Waals surface area (Å²) in [5.41, 5.74) is 0. The fraction of sp³-hybridized carbons (Fsp3) is 0.308. The molecule has 7 heteroatoms. The molecule has 0 spiro atoms. The first-order valence-corrected chi connectivity index (χ1v) is 6.08. The molecule has 2 aromatic rings. The van der Waals surface area contributed by atoms with Crippen molar-refractivity contribution < 1.29 is 13.9 Å². The number of benzene rings is 1. The van der Waals surface area contributed by atoms with Gasteiger partial charge in [-0.15, -0.1) is 0 Å². The number of para-hydroxylation sites is 1. The Hall–Kier alpha value is -2.44. The molecular formula is C13H15FN4O2. The van der Waals surface area contributed by atoms with E-state index in [1.165, 1.54) is 23.4 Å². The average Bonchev–Trinajstić information content (AvgIpc) is 2.93. The molecule has 0 saturated heterocycles. The Morgan fingerprint density at radius 3 is 2.90 bits per heavy atom. The summed E-state index contributed by atoms with van der Waals surface area (Å²) >= 11 is 0. The highest BCUT2D eigenvalue weighted by Crippen LogP contribution is 2.17. The van der Waals surface area contributed by atoms with E-state index in [2.05, 4.69) is 15.2 Å². The van der Waals surface area contributed by atoms with E-state index in [9.17, 15) is 9.18 Å². The van der Waals surface area contributed by atoms with Crippen LogP contribution < -0.4 is 4.74 Å². The molecule has 1 aromatic carbocycles. The number of carbonyl (C=O) groups excluding carboxylic acids is 1. The second-order valence-electron chi connectivity index (χ2n) is 4.32. The van der Waals surface area contributed by atoms with Crippen LogP contribution in [-0.2, 0) is 11.3 Å². The summed E-state index contributed by atoms with van der Waals surface area (Å²) in [7, 11) is 1.62. The quantitative estimate of drug-likeness (QED) is 0.896. The molecule has 1 unspecified atom stereocenters. The molecule has 1 N–H and O–H groups in total. The first-order chi connectivity index (χ1) is 9.58. The van der Waals surface area contributed by atoms with E-state index in [1.807, 2.05) is 0 Å². The van der Waals surface area contributed by atoms with Crippen molar-refractivity contribution in [3.8, 4) is 5.75 Å². The van der Waals surface area contributed by atoms with Crippen LogP contribution in [0.15, 0.2) is 30.6 Å². The fourth-order valence-corrected chi connectivity index (χ4v) is 1.70. The molecule has 1 aromatic heterocycles. The lowest BCUT2D eigenvalue weighted by Gasteiger charge is -2.21. The number of hydrogen-bond donors (Lipinski definition) is 1. The molecule has 1 amide bonds. The Bertz CT molecular complexity index is 574. The number of halogens is 1. The summed E-state index contributed by atoms with van der Waals surface area (Å²) in [6, 6.07) is 5.97. The van der Waals surface area contributed by atoms with Crippen LogP contribution in [0.25, 0.3) is 0 Å². The average molecular weight is 278 g/mol. The normalized spacial score (nSPS) is 11.9.